The van der Waals surface area contributed by atoms with Crippen LogP contribution in [-0.4, -0.2) is 56.7 Å². The lowest BCUT2D eigenvalue weighted by Gasteiger charge is -2.44. The number of benzene rings is 1. The molecule has 3 aromatic heterocycles. The lowest BCUT2D eigenvalue weighted by molar-refractivity contribution is -0.202. The van der Waals surface area contributed by atoms with Crippen LogP contribution in [0, 0.1) is 17.6 Å². The van der Waals surface area contributed by atoms with Gasteiger partial charge in [-0.2, -0.15) is 5.10 Å². The van der Waals surface area contributed by atoms with Crippen LogP contribution in [0.4, 0.5) is 8.78 Å². The number of pyridine rings is 1. The quantitative estimate of drug-likeness (QED) is 0.373. The van der Waals surface area contributed by atoms with Gasteiger partial charge in [0.25, 0.3) is 0 Å². The predicted molar refractivity (Wildman–Crippen MR) is 145 cm³/mol. The summed E-state index contributed by atoms with van der Waals surface area (Å²) in [6.45, 7) is 4.32. The number of hydrogen-bond acceptors (Lipinski definition) is 7. The van der Waals surface area contributed by atoms with Crippen LogP contribution >= 0.6 is 0 Å². The number of imidazole rings is 1. The van der Waals surface area contributed by atoms with Crippen molar-refractivity contribution in [3.8, 4) is 11.3 Å². The highest BCUT2D eigenvalue weighted by molar-refractivity contribution is 5.63. The van der Waals surface area contributed by atoms with Crippen LogP contribution < -0.4 is 5.73 Å². The van der Waals surface area contributed by atoms with Gasteiger partial charge < -0.3 is 20.3 Å². The van der Waals surface area contributed by atoms with Gasteiger partial charge in [-0.3, -0.25) is 4.98 Å². The van der Waals surface area contributed by atoms with E-state index in [9.17, 15) is 5.11 Å². The molecule has 0 spiro atoms. The van der Waals surface area contributed by atoms with Gasteiger partial charge in [-0.25, -0.2) is 18.3 Å². The van der Waals surface area contributed by atoms with Gasteiger partial charge in [0.05, 0.1) is 41.8 Å². The van der Waals surface area contributed by atoms with Crippen molar-refractivity contribution in [3.63, 3.8) is 0 Å². The van der Waals surface area contributed by atoms with Crippen molar-refractivity contribution in [1.29, 1.82) is 0 Å². The number of halogens is 2. The minimum absolute atomic E-state index is 0.0329. The van der Waals surface area contributed by atoms with Crippen LogP contribution in [-0.2, 0) is 21.5 Å². The number of nitrogens with two attached hydrogens (primary N) is 1. The maximum absolute atomic E-state index is 15.3. The molecule has 6 rings (SSSR count). The minimum Gasteiger partial charge on any atom is -0.388 e. The van der Waals surface area contributed by atoms with Crippen molar-refractivity contribution in [1.82, 2.24) is 19.6 Å². The topological polar surface area (TPSA) is 108 Å². The first-order valence-electron chi connectivity index (χ1n) is 13.5. The highest BCUT2D eigenvalue weighted by Crippen LogP contribution is 2.42. The zero-order chi connectivity index (χ0) is 28.2. The Balaban J connectivity index is 1.33. The second kappa shape index (κ2) is 9.95. The number of nitrogens with zero attached hydrogens (tertiary/aromatic N) is 4. The van der Waals surface area contributed by atoms with Crippen LogP contribution in [0.1, 0.15) is 55.1 Å². The average Bonchev–Trinajstić information content (AvgIpc) is 3.29. The third-order valence-corrected chi connectivity index (χ3v) is 8.99. The van der Waals surface area contributed by atoms with Crippen molar-refractivity contribution in [2.75, 3.05) is 20.3 Å². The minimum atomic E-state index is -0.915. The molecule has 2 aliphatic rings. The van der Waals surface area contributed by atoms with E-state index in [1.54, 1.807) is 29.0 Å². The maximum atomic E-state index is 15.3. The summed E-state index contributed by atoms with van der Waals surface area (Å²) in [7, 11) is 1.50. The predicted octanol–water partition coefficient (Wildman–Crippen LogP) is 4.12. The Morgan fingerprint density at radius 1 is 1.15 bits per heavy atom. The Morgan fingerprint density at radius 2 is 1.90 bits per heavy atom. The summed E-state index contributed by atoms with van der Waals surface area (Å²) < 4.78 is 43.0. The molecular formula is C30H33F2N5O3. The van der Waals surface area contributed by atoms with Gasteiger partial charge in [0, 0.05) is 32.0 Å². The highest BCUT2D eigenvalue weighted by atomic mass is 19.1. The summed E-state index contributed by atoms with van der Waals surface area (Å²) >= 11 is 0. The van der Waals surface area contributed by atoms with E-state index in [0.29, 0.717) is 29.7 Å². The molecule has 4 heterocycles. The van der Waals surface area contributed by atoms with Crippen molar-refractivity contribution >= 4 is 5.52 Å². The van der Waals surface area contributed by atoms with Crippen LogP contribution in [0.3, 0.4) is 0 Å². The normalized spacial score (nSPS) is 26.1. The third-order valence-electron chi connectivity index (χ3n) is 8.99. The molecule has 0 radical (unpaired) electrons. The Bertz CT molecular complexity index is 1530. The summed E-state index contributed by atoms with van der Waals surface area (Å²) in [5, 5.41) is 15.4. The molecule has 210 valence electrons. The van der Waals surface area contributed by atoms with E-state index in [2.05, 4.69) is 15.1 Å². The van der Waals surface area contributed by atoms with Gasteiger partial charge >= 0.3 is 0 Å². The van der Waals surface area contributed by atoms with Gasteiger partial charge in [0.1, 0.15) is 23.1 Å². The molecule has 1 saturated heterocycles. The lowest BCUT2D eigenvalue weighted by atomic mass is 9.67. The third kappa shape index (κ3) is 4.39. The standard InChI is InChI=1S/C30H33F2N5O3/c1-17-8-18(9-26(33)29(17,2)38)22-6-7-34-13-19(22)10-27-35-14-21-4-5-25(36-37(21)27)28-23(31)11-20(12-24(28)32)30(39-3)15-40-16-30/h4-7,11-14,17-18,26,38H,8-10,15-16,33H2,1-3H3/t17-,18+,26+,29+/m0/s1. The molecule has 1 aliphatic carbocycles. The first kappa shape index (κ1) is 26.9. The number of aromatic nitrogens is 4. The van der Waals surface area contributed by atoms with Crippen LogP contribution in [0.5, 0.6) is 0 Å². The fraction of sp³-hybridized carbons (Fsp3) is 0.433. The van der Waals surface area contributed by atoms with Gasteiger partial charge in [-0.15, -0.1) is 0 Å². The zero-order valence-electron chi connectivity index (χ0n) is 22.8. The second-order valence-electron chi connectivity index (χ2n) is 11.4. The van der Waals surface area contributed by atoms with Crippen LogP contribution in [0.15, 0.2) is 48.9 Å². The SMILES string of the molecule is COC1(c2cc(F)c(-c3ccc4cnc(Cc5cnccc5[C@H]5C[C@@H](N)[C@](C)(O)[C@@H](C)C5)n4n3)c(F)c2)COC1. The molecule has 1 aliphatic heterocycles. The van der Waals surface area contributed by atoms with Crippen molar-refractivity contribution in [2.45, 2.75) is 56.3 Å². The van der Waals surface area contributed by atoms with Crippen molar-refractivity contribution < 1.29 is 23.4 Å². The fourth-order valence-electron chi connectivity index (χ4n) is 6.04. The number of methoxy groups -OCH3 is 1. The molecule has 0 unspecified atom stereocenters. The molecule has 4 aromatic rings. The maximum Gasteiger partial charge on any atom is 0.139 e. The van der Waals surface area contributed by atoms with Crippen LogP contribution in [0.2, 0.25) is 0 Å². The van der Waals surface area contributed by atoms with Gasteiger partial charge in [-0.05, 0) is 78.6 Å². The lowest BCUT2D eigenvalue weighted by Crippen LogP contribution is -2.54. The van der Waals surface area contributed by atoms with Crippen LogP contribution in [0.25, 0.3) is 16.8 Å². The largest absolute Gasteiger partial charge is 0.388 e. The van der Waals surface area contributed by atoms with Gasteiger partial charge in [0.15, 0.2) is 0 Å². The van der Waals surface area contributed by atoms with Gasteiger partial charge in [0.2, 0.25) is 0 Å². The van der Waals surface area contributed by atoms with E-state index in [0.717, 1.165) is 17.5 Å². The summed E-state index contributed by atoms with van der Waals surface area (Å²) in [5.74, 6) is -0.629. The van der Waals surface area contributed by atoms with E-state index >= 15 is 8.78 Å². The molecule has 40 heavy (non-hydrogen) atoms. The fourth-order valence-corrected chi connectivity index (χ4v) is 6.04. The number of ether oxygens (including phenoxy) is 2. The first-order chi connectivity index (χ1) is 19.1. The monoisotopic (exact) mass is 549 g/mol. The average molecular weight is 550 g/mol. The molecule has 2 fully saturated rings. The molecule has 0 amide bonds. The van der Waals surface area contributed by atoms with E-state index < -0.39 is 22.8 Å². The van der Waals surface area contributed by atoms with E-state index in [1.807, 2.05) is 26.1 Å². The summed E-state index contributed by atoms with van der Waals surface area (Å²) in [4.78, 5) is 8.92. The second-order valence-corrected chi connectivity index (χ2v) is 11.4. The zero-order valence-corrected chi connectivity index (χ0v) is 22.8. The Labute approximate surface area is 231 Å². The summed E-state index contributed by atoms with van der Waals surface area (Å²) in [6.07, 6.45) is 7.15. The summed E-state index contributed by atoms with van der Waals surface area (Å²) in [5.41, 5.74) is 7.75. The smallest absolute Gasteiger partial charge is 0.139 e. The Morgan fingerprint density at radius 3 is 2.55 bits per heavy atom. The molecule has 1 saturated carbocycles. The molecule has 8 nitrogen and oxygen atoms in total. The van der Waals surface area contributed by atoms with Crippen molar-refractivity contribution in [3.05, 3.63) is 83.1 Å². The highest BCUT2D eigenvalue weighted by Gasteiger charge is 2.43. The molecular weight excluding hydrogens is 516 g/mol. The molecule has 0 bridgehead atoms. The van der Waals surface area contributed by atoms with E-state index in [4.69, 9.17) is 15.2 Å². The van der Waals surface area contributed by atoms with E-state index in [-0.39, 0.29) is 42.3 Å². The number of fused-ring (bicyclic) bond motifs is 1. The van der Waals surface area contributed by atoms with Crippen molar-refractivity contribution in [2.24, 2.45) is 11.7 Å². The number of hydrogen-bond donors (Lipinski definition) is 2. The van der Waals surface area contributed by atoms with Gasteiger partial charge in [-0.1, -0.05) is 6.92 Å². The number of aliphatic hydroxyl groups is 1. The number of rotatable bonds is 6. The Kier molecular flexibility index (Phi) is 6.69. The molecule has 1 aromatic carbocycles. The van der Waals surface area contributed by atoms with E-state index in [1.165, 1.54) is 19.2 Å². The summed E-state index contributed by atoms with van der Waals surface area (Å²) in [6, 6.07) is 7.58. The Hall–Kier alpha value is -3.31. The molecule has 10 heteroatoms. The molecule has 4 atom stereocenters. The first-order valence-corrected chi connectivity index (χ1v) is 13.5. The molecule has 3 N–H and O–H groups in total.